The van der Waals surface area contributed by atoms with E-state index in [0.717, 1.165) is 28.3 Å². The maximum absolute atomic E-state index is 12.6. The number of benzene rings is 5. The van der Waals surface area contributed by atoms with Crippen molar-refractivity contribution in [1.82, 2.24) is 14.4 Å². The van der Waals surface area contributed by atoms with Crippen molar-refractivity contribution in [2.45, 2.75) is 58.1 Å². The molecule has 39 heteroatoms. The van der Waals surface area contributed by atoms with E-state index in [9.17, 15) is 88.2 Å². The molecule has 0 spiro atoms. The number of hydrogen-bond acceptors (Lipinski definition) is 25. The number of nitrogens with zero attached hydrogens (tertiary/aromatic N) is 10. The van der Waals surface area contributed by atoms with Crippen molar-refractivity contribution >= 4 is 167 Å². The van der Waals surface area contributed by atoms with Gasteiger partial charge in [0, 0.05) is 27.3 Å². The number of thiazole rings is 1. The molecule has 83 heavy (non-hydrogen) atoms. The monoisotopic (exact) mass is 1320 g/mol. The number of hydrogen-bond donors (Lipinski definition) is 7. The van der Waals surface area contributed by atoms with Crippen LogP contribution in [-0.2, 0) is 60.7 Å². The number of azo groups is 3. The number of aromatic hydroxyl groups is 1. The van der Waals surface area contributed by atoms with Crippen molar-refractivity contribution in [2.75, 3.05) is 23.9 Å². The van der Waals surface area contributed by atoms with Gasteiger partial charge in [-0.05, 0) is 99.0 Å². The first kappa shape index (κ1) is 62.2. The van der Waals surface area contributed by atoms with E-state index in [4.69, 9.17) is 16.3 Å². The second-order valence-electron chi connectivity index (χ2n) is 17.5. The molecule has 0 bridgehead atoms. The number of aryl methyl sites for hydroxylation is 2. The molecule has 30 nitrogen and oxygen atoms in total. The first-order chi connectivity index (χ1) is 38.4. The molecule has 0 amide bonds. The van der Waals surface area contributed by atoms with Crippen LogP contribution in [0.4, 0.5) is 33.6 Å². The summed E-state index contributed by atoms with van der Waals surface area (Å²) in [4.78, 5) is 5.06. The Bertz CT molecular complexity index is 4950. The van der Waals surface area contributed by atoms with E-state index in [1.54, 1.807) is 6.92 Å². The molecule has 0 aliphatic rings. The van der Waals surface area contributed by atoms with Crippen molar-refractivity contribution in [3.8, 4) is 17.7 Å². The topological polar surface area (TPSA) is 484 Å². The average molecular weight is 1320 g/mol. The van der Waals surface area contributed by atoms with Gasteiger partial charge in [0.05, 0.1) is 54.3 Å². The number of halogens is 1. The average Bonchev–Trinajstić information content (AvgIpc) is 2.01. The van der Waals surface area contributed by atoms with Gasteiger partial charge in [-0.15, -0.1) is 37.3 Å². The Hall–Kier alpha value is -6.81. The lowest BCUT2D eigenvalue weighted by Crippen LogP contribution is -2.08. The highest BCUT2D eigenvalue weighted by molar-refractivity contribution is 7.99. The van der Waals surface area contributed by atoms with Crippen molar-refractivity contribution in [1.29, 1.82) is 5.26 Å². The minimum atomic E-state index is -5.33. The summed E-state index contributed by atoms with van der Waals surface area (Å²) in [6.45, 7) is 4.03. The lowest BCUT2D eigenvalue weighted by molar-refractivity contribution is 0.317. The molecule has 5 aromatic carbocycles. The van der Waals surface area contributed by atoms with Gasteiger partial charge in [0.25, 0.3) is 60.7 Å². The predicted octanol–water partition coefficient (Wildman–Crippen LogP) is 9.67. The van der Waals surface area contributed by atoms with E-state index < -0.39 is 114 Å². The van der Waals surface area contributed by atoms with E-state index in [0.29, 0.717) is 29.0 Å². The number of ether oxygens (including phenoxy) is 1. The first-order valence-electron chi connectivity index (χ1n) is 22.7. The zero-order valence-electron chi connectivity index (χ0n) is 42.0. The van der Waals surface area contributed by atoms with Crippen LogP contribution in [0.3, 0.4) is 0 Å². The van der Waals surface area contributed by atoms with Gasteiger partial charge in [0.15, 0.2) is 11.3 Å². The summed E-state index contributed by atoms with van der Waals surface area (Å²) in [5.41, 5.74) is -0.500. The number of pyridine rings is 1. The normalized spacial score (nSPS) is 13.3. The van der Waals surface area contributed by atoms with Crippen LogP contribution in [0.5, 0.6) is 11.6 Å². The van der Waals surface area contributed by atoms with Crippen molar-refractivity contribution in [3.63, 3.8) is 0 Å². The minimum Gasteiger partial charge on any atom is -0.493 e. The maximum atomic E-state index is 12.6. The van der Waals surface area contributed by atoms with Gasteiger partial charge in [-0.1, -0.05) is 22.9 Å². The smallest absolute Gasteiger partial charge is 0.296 e. The van der Waals surface area contributed by atoms with Gasteiger partial charge in [0.2, 0.25) is 11.0 Å². The van der Waals surface area contributed by atoms with Crippen LogP contribution in [0, 0.1) is 32.1 Å². The van der Waals surface area contributed by atoms with Crippen LogP contribution < -0.4 is 4.74 Å². The van der Waals surface area contributed by atoms with Gasteiger partial charge in [-0.2, -0.15) is 60.9 Å². The third-order valence-corrected chi connectivity index (χ3v) is 19.4. The molecular formula is C44H37ClN10O20S8. The quantitative estimate of drug-likeness (QED) is 0.0161. The van der Waals surface area contributed by atoms with Gasteiger partial charge in [-0.3, -0.25) is 31.7 Å². The molecule has 0 atom stereocenters. The number of fused-ring (bicyclic) bond motifs is 6. The molecule has 7 N–H and O–H groups in total. The van der Waals surface area contributed by atoms with Crippen LogP contribution in [0.25, 0.3) is 37.7 Å². The largest absolute Gasteiger partial charge is 0.493 e. The summed E-state index contributed by atoms with van der Waals surface area (Å²) in [6, 6.07) is 11.4. The molecule has 0 saturated heterocycles. The molecule has 3 heterocycles. The van der Waals surface area contributed by atoms with E-state index in [2.05, 4.69) is 40.7 Å². The molecule has 0 unspecified atom stereocenters. The van der Waals surface area contributed by atoms with Crippen LogP contribution in [0.15, 0.2) is 110 Å². The maximum Gasteiger partial charge on any atom is 0.296 e. The summed E-state index contributed by atoms with van der Waals surface area (Å²) in [5, 5.41) is 45.7. The van der Waals surface area contributed by atoms with Crippen LogP contribution in [0.2, 0.25) is 5.02 Å². The van der Waals surface area contributed by atoms with E-state index >= 15 is 0 Å². The SMILES string of the molecule is Cc1cc(N=Nc2c(C)c(C#N)c3nc4c(C)c(S(=O)(=O)O)ccc4n3c2O)c(OCCCS(=O)(=O)O)cc1N=Nc1cc(Cl)c(N=Nc2nc3c(S(=O)(=O)O)cc4c(S(=O)(=O)O)cc(S(=O)(=O)O)cc4c3s2)cc1SCCCS(=O)(=O)O. The van der Waals surface area contributed by atoms with Gasteiger partial charge in [0.1, 0.15) is 49.8 Å². The minimum absolute atomic E-state index is 0.0177. The summed E-state index contributed by atoms with van der Waals surface area (Å²) in [6.07, 6.45) is -0.326. The number of nitriles is 1. The third kappa shape index (κ3) is 13.7. The molecule has 0 aliphatic heterocycles. The van der Waals surface area contributed by atoms with Crippen LogP contribution in [0.1, 0.15) is 35.1 Å². The lowest BCUT2D eigenvalue weighted by Gasteiger charge is -2.12. The van der Waals surface area contributed by atoms with Crippen molar-refractivity contribution < 1.29 is 87.7 Å². The Morgan fingerprint density at radius 1 is 0.651 bits per heavy atom. The Kier molecular flexibility index (Phi) is 17.2. The fourth-order valence-corrected chi connectivity index (χ4v) is 14.1. The molecule has 3 aromatic heterocycles. The highest BCUT2D eigenvalue weighted by atomic mass is 35.5. The number of aromatic nitrogens is 3. The number of imidazole rings is 1. The fourth-order valence-electron chi connectivity index (χ4n) is 8.05. The Labute approximate surface area is 482 Å². The molecule has 438 valence electrons. The summed E-state index contributed by atoms with van der Waals surface area (Å²) in [7, 11) is -29.2. The van der Waals surface area contributed by atoms with E-state index in [1.807, 2.05) is 6.07 Å². The fraction of sp³-hybridized carbons (Fsp3) is 0.205. The van der Waals surface area contributed by atoms with Crippen molar-refractivity contribution in [3.05, 3.63) is 81.9 Å². The highest BCUT2D eigenvalue weighted by Gasteiger charge is 2.29. The van der Waals surface area contributed by atoms with Crippen LogP contribution in [-0.4, -0.2) is 121 Å². The second kappa shape index (κ2) is 23.0. The molecular weight excluding hydrogens is 1280 g/mol. The van der Waals surface area contributed by atoms with Gasteiger partial charge in [-0.25, -0.2) is 9.97 Å². The Balaban J connectivity index is 1.20. The van der Waals surface area contributed by atoms with E-state index in [-0.39, 0.29) is 113 Å². The summed E-state index contributed by atoms with van der Waals surface area (Å²) in [5.74, 6) is -2.02. The number of rotatable bonds is 20. The predicted molar refractivity (Wildman–Crippen MR) is 298 cm³/mol. The molecule has 0 aliphatic carbocycles. The molecule has 0 fully saturated rings. The zero-order valence-corrected chi connectivity index (χ0v) is 49.3. The third-order valence-electron chi connectivity index (χ3n) is 11.8. The highest BCUT2D eigenvalue weighted by Crippen LogP contribution is 2.46. The van der Waals surface area contributed by atoms with Gasteiger partial charge >= 0.3 is 0 Å². The summed E-state index contributed by atoms with van der Waals surface area (Å²) >= 11 is 8.16. The van der Waals surface area contributed by atoms with Gasteiger partial charge < -0.3 is 9.84 Å². The van der Waals surface area contributed by atoms with Crippen LogP contribution >= 0.6 is 34.7 Å². The van der Waals surface area contributed by atoms with Crippen molar-refractivity contribution in [2.24, 2.45) is 30.7 Å². The standard InChI is InChI=1S/C44H37ClN10O20S8/c1-20-12-30(51-53-39-21(2)26(19-46)42-47-38-22(3)35(81(66,67)68)7-6-32(38)55(42)43(39)56)33(75-8-4-10-78(57,58)59)17-28(20)49-52-31-16-27(45)29(18-34(31)76-9-5-11-79(60,61)62)50-54-44-48-40-37(83(72,73)74)15-24-25(41(40)77-44)13-23(80(63,64)65)14-36(24)82(69,70)71/h6-7,12-18,56H,4-5,8-11H2,1-3H3,(H,57,58,59)(H,60,61,62)(H,63,64,65)(H,66,67,68)(H,69,70,71)(H,72,73,74). The molecule has 8 rings (SSSR count). The summed E-state index contributed by atoms with van der Waals surface area (Å²) < 4.78 is 210. The molecule has 8 aromatic rings. The molecule has 0 radical (unpaired) electrons. The van der Waals surface area contributed by atoms with E-state index in [1.165, 1.54) is 44.2 Å². The number of thioether (sulfide) groups is 1. The zero-order chi connectivity index (χ0) is 61.1. The Morgan fingerprint density at radius 3 is 1.90 bits per heavy atom. The lowest BCUT2D eigenvalue weighted by atomic mass is 10.1. The molecule has 0 saturated carbocycles. The Morgan fingerprint density at radius 2 is 1.28 bits per heavy atom. The first-order valence-corrected chi connectivity index (χ1v) is 33.9. The second-order valence-corrected chi connectivity index (χ2v) is 28.8.